The highest BCUT2D eigenvalue weighted by atomic mass is 35.5. The van der Waals surface area contributed by atoms with Crippen molar-refractivity contribution in [3.05, 3.63) is 76.2 Å². The molecule has 0 unspecified atom stereocenters. The highest BCUT2D eigenvalue weighted by Crippen LogP contribution is 2.42. The van der Waals surface area contributed by atoms with Crippen LogP contribution in [0.15, 0.2) is 66.7 Å². The van der Waals surface area contributed by atoms with Crippen LogP contribution in [0.25, 0.3) is 22.6 Å². The van der Waals surface area contributed by atoms with E-state index in [1.165, 1.54) is 36.3 Å². The molecule has 206 valence electrons. The number of aromatic nitrogens is 1. The first-order chi connectivity index (χ1) is 18.4. The lowest BCUT2D eigenvalue weighted by atomic mass is 10.0. The number of halogens is 5. The SMILES string of the molecule is COc1cccc(C(F)(F)F)c1-c1cc(-c2cccc(N(Cc3oc(=O)oc3C(C)C)C(=O)C(Cl)Cl)c2)on1. The Morgan fingerprint density at radius 3 is 2.46 bits per heavy atom. The number of methoxy groups -OCH3 is 1. The summed E-state index contributed by atoms with van der Waals surface area (Å²) < 4.78 is 61.9. The minimum absolute atomic E-state index is 0.0342. The second kappa shape index (κ2) is 11.2. The van der Waals surface area contributed by atoms with E-state index in [0.717, 1.165) is 6.07 Å². The zero-order valence-corrected chi connectivity index (χ0v) is 22.2. The second-order valence-corrected chi connectivity index (χ2v) is 9.72. The normalized spacial score (nSPS) is 11.8. The van der Waals surface area contributed by atoms with Crippen LogP contribution in [0.5, 0.6) is 5.75 Å². The average Bonchev–Trinajstić information content (AvgIpc) is 3.52. The molecule has 8 nitrogen and oxygen atoms in total. The molecule has 0 aliphatic carbocycles. The molecule has 0 N–H and O–H groups in total. The molecule has 39 heavy (non-hydrogen) atoms. The monoisotopic (exact) mass is 584 g/mol. The Balaban J connectivity index is 1.75. The number of amides is 1. The van der Waals surface area contributed by atoms with Crippen molar-refractivity contribution in [2.45, 2.75) is 37.3 Å². The van der Waals surface area contributed by atoms with Gasteiger partial charge in [0.2, 0.25) is 0 Å². The molecule has 13 heteroatoms. The molecule has 4 aromatic rings. The van der Waals surface area contributed by atoms with Crippen LogP contribution < -0.4 is 15.5 Å². The maximum atomic E-state index is 13.7. The van der Waals surface area contributed by atoms with Crippen LogP contribution in [0.2, 0.25) is 0 Å². The topological polar surface area (TPSA) is 98.9 Å². The molecular formula is C26H21Cl2F3N2O6. The highest BCUT2D eigenvalue weighted by molar-refractivity contribution is 6.54. The summed E-state index contributed by atoms with van der Waals surface area (Å²) in [6.07, 6.45) is -4.67. The van der Waals surface area contributed by atoms with E-state index in [4.69, 9.17) is 41.3 Å². The highest BCUT2D eigenvalue weighted by Gasteiger charge is 2.36. The predicted octanol–water partition coefficient (Wildman–Crippen LogP) is 7.04. The third-order valence-electron chi connectivity index (χ3n) is 5.71. The number of nitrogens with zero attached hydrogens (tertiary/aromatic N) is 2. The van der Waals surface area contributed by atoms with Crippen molar-refractivity contribution in [1.29, 1.82) is 0 Å². The first-order valence-electron chi connectivity index (χ1n) is 11.4. The lowest BCUT2D eigenvalue weighted by Gasteiger charge is -2.23. The van der Waals surface area contributed by atoms with Crippen LogP contribution in [-0.2, 0) is 17.5 Å². The number of ether oxygens (including phenoxy) is 1. The second-order valence-electron chi connectivity index (χ2n) is 8.63. The van der Waals surface area contributed by atoms with Gasteiger partial charge in [0, 0.05) is 23.2 Å². The van der Waals surface area contributed by atoms with Gasteiger partial charge in [0.1, 0.15) is 11.4 Å². The lowest BCUT2D eigenvalue weighted by Crippen LogP contribution is -2.34. The zero-order valence-electron chi connectivity index (χ0n) is 20.7. The molecule has 0 aliphatic rings. The van der Waals surface area contributed by atoms with Gasteiger partial charge in [0.05, 0.1) is 24.8 Å². The van der Waals surface area contributed by atoms with Gasteiger partial charge in [-0.25, -0.2) is 4.79 Å². The Bertz CT molecular complexity index is 1540. The molecule has 4 rings (SSSR count). The van der Waals surface area contributed by atoms with Gasteiger partial charge in [-0.2, -0.15) is 13.2 Å². The van der Waals surface area contributed by atoms with Crippen LogP contribution >= 0.6 is 23.2 Å². The summed E-state index contributed by atoms with van der Waals surface area (Å²) in [5.41, 5.74) is -0.653. The van der Waals surface area contributed by atoms with Crippen molar-refractivity contribution >= 4 is 34.8 Å². The summed E-state index contributed by atoms with van der Waals surface area (Å²) in [5.74, 6) is -1.41. The number of rotatable bonds is 8. The molecule has 0 atom stereocenters. The van der Waals surface area contributed by atoms with Crippen LogP contribution in [0.4, 0.5) is 18.9 Å². The van der Waals surface area contributed by atoms with Gasteiger partial charge in [-0.05, 0) is 24.3 Å². The Morgan fingerprint density at radius 1 is 1.10 bits per heavy atom. The van der Waals surface area contributed by atoms with E-state index < -0.39 is 28.3 Å². The van der Waals surface area contributed by atoms with E-state index in [0.29, 0.717) is 5.56 Å². The molecule has 0 aliphatic heterocycles. The van der Waals surface area contributed by atoms with E-state index in [-0.39, 0.29) is 52.4 Å². The minimum atomic E-state index is -4.67. The summed E-state index contributed by atoms with van der Waals surface area (Å²) >= 11 is 11.8. The Kier molecular flexibility index (Phi) is 8.12. The Morgan fingerprint density at radius 2 is 1.82 bits per heavy atom. The smallest absolute Gasteiger partial charge is 0.496 e. The molecule has 0 radical (unpaired) electrons. The van der Waals surface area contributed by atoms with E-state index in [1.54, 1.807) is 32.0 Å². The number of alkyl halides is 5. The lowest BCUT2D eigenvalue weighted by molar-refractivity contribution is -0.137. The van der Waals surface area contributed by atoms with Gasteiger partial charge in [0.15, 0.2) is 22.1 Å². The minimum Gasteiger partial charge on any atom is -0.496 e. The molecule has 0 saturated heterocycles. The number of benzene rings is 2. The molecule has 0 bridgehead atoms. The van der Waals surface area contributed by atoms with Crippen LogP contribution in [0.1, 0.15) is 36.8 Å². The van der Waals surface area contributed by atoms with Gasteiger partial charge in [-0.15, -0.1) is 0 Å². The summed E-state index contributed by atoms with van der Waals surface area (Å²) in [5, 5.41) is 3.85. The van der Waals surface area contributed by atoms with Crippen molar-refractivity contribution in [3.63, 3.8) is 0 Å². The summed E-state index contributed by atoms with van der Waals surface area (Å²) in [7, 11) is 1.25. The van der Waals surface area contributed by atoms with E-state index >= 15 is 0 Å². The van der Waals surface area contributed by atoms with Gasteiger partial charge in [-0.3, -0.25) is 4.79 Å². The van der Waals surface area contributed by atoms with Gasteiger partial charge >= 0.3 is 12.0 Å². The number of hydrogen-bond acceptors (Lipinski definition) is 7. The van der Waals surface area contributed by atoms with E-state index in [1.807, 2.05) is 0 Å². The van der Waals surface area contributed by atoms with Crippen LogP contribution in [0, 0.1) is 0 Å². The number of hydrogen-bond donors (Lipinski definition) is 0. The number of carbonyl (C=O) groups excluding carboxylic acids is 1. The van der Waals surface area contributed by atoms with Crippen molar-refractivity contribution < 1.29 is 36.1 Å². The van der Waals surface area contributed by atoms with Gasteiger partial charge < -0.3 is 23.0 Å². The fourth-order valence-corrected chi connectivity index (χ4v) is 4.22. The largest absolute Gasteiger partial charge is 0.519 e. The van der Waals surface area contributed by atoms with E-state index in [2.05, 4.69) is 5.16 Å². The quantitative estimate of drug-likeness (QED) is 0.205. The first-order valence-corrected chi connectivity index (χ1v) is 12.3. The fraction of sp³-hybridized carbons (Fsp3) is 0.269. The molecule has 1 amide bonds. The molecule has 0 fully saturated rings. The van der Waals surface area contributed by atoms with Crippen LogP contribution in [-0.4, -0.2) is 23.0 Å². The maximum Gasteiger partial charge on any atom is 0.519 e. The number of anilines is 1. The molecular weight excluding hydrogens is 564 g/mol. The predicted molar refractivity (Wildman–Crippen MR) is 137 cm³/mol. The summed E-state index contributed by atoms with van der Waals surface area (Å²) in [6, 6.07) is 11.2. The van der Waals surface area contributed by atoms with E-state index in [9.17, 15) is 22.8 Å². The summed E-state index contributed by atoms with van der Waals surface area (Å²) in [4.78, 5) is 24.4. The molecule has 0 spiro atoms. The summed E-state index contributed by atoms with van der Waals surface area (Å²) in [6.45, 7) is 3.34. The van der Waals surface area contributed by atoms with Crippen molar-refractivity contribution in [2.75, 3.05) is 12.0 Å². The first kappa shape index (κ1) is 28.3. The molecule has 2 heterocycles. The van der Waals surface area contributed by atoms with Crippen molar-refractivity contribution in [1.82, 2.24) is 5.16 Å². The third kappa shape index (κ3) is 5.99. The standard InChI is InChI=1S/C26H21Cl2F3N2O6/c1-13(2)22-20(37-25(35)38-22)12-33(24(34)23(27)28)15-7-4-6-14(10-15)19-11-17(32-39-19)21-16(26(29,30)31)8-5-9-18(21)36-3/h4-11,13,23H,12H2,1-3H3. The maximum absolute atomic E-state index is 13.7. The van der Waals surface area contributed by atoms with Gasteiger partial charge in [-0.1, -0.05) is 60.4 Å². The fourth-order valence-electron chi connectivity index (χ4n) is 3.98. The Labute approximate surface area is 229 Å². The zero-order chi connectivity index (χ0) is 28.5. The van der Waals surface area contributed by atoms with Gasteiger partial charge in [0.25, 0.3) is 5.91 Å². The molecule has 2 aromatic carbocycles. The van der Waals surface area contributed by atoms with Crippen LogP contribution in [0.3, 0.4) is 0 Å². The third-order valence-corrected chi connectivity index (χ3v) is 6.09. The number of carbonyl (C=O) groups is 1. The molecule has 2 aromatic heterocycles. The Hall–Kier alpha value is -3.70. The van der Waals surface area contributed by atoms with Crippen molar-refractivity contribution in [2.24, 2.45) is 0 Å². The molecule has 0 saturated carbocycles. The van der Waals surface area contributed by atoms with Crippen molar-refractivity contribution in [3.8, 4) is 28.3 Å². The average molecular weight is 585 g/mol.